The summed E-state index contributed by atoms with van der Waals surface area (Å²) in [6.45, 7) is 3.46. The highest BCUT2D eigenvalue weighted by atomic mass is 127. The molecule has 0 spiro atoms. The van der Waals surface area contributed by atoms with E-state index in [-0.39, 0.29) is 5.57 Å². The van der Waals surface area contributed by atoms with E-state index >= 15 is 0 Å². The van der Waals surface area contributed by atoms with Crippen LogP contribution < -0.4 is 19.5 Å². The van der Waals surface area contributed by atoms with Crippen LogP contribution in [-0.2, 0) is 9.59 Å². The topological polar surface area (TPSA) is 97.7 Å². The number of benzene rings is 2. The number of methoxy groups -OCH3 is 1. The lowest BCUT2D eigenvalue weighted by Gasteiger charge is -2.13. The summed E-state index contributed by atoms with van der Waals surface area (Å²) in [6, 6.07) is 12.1. The van der Waals surface area contributed by atoms with Crippen molar-refractivity contribution >= 4 is 46.2 Å². The number of carbonyl (C=O) groups excluding carboxylic acids is 2. The molecule has 7 nitrogen and oxygen atoms in total. The first-order chi connectivity index (χ1) is 13.9. The maximum absolute atomic E-state index is 12.6. The van der Waals surface area contributed by atoms with Crippen molar-refractivity contribution in [2.75, 3.05) is 19.0 Å². The number of nitrogens with zero attached hydrogens (tertiary/aromatic N) is 1. The molecule has 0 fully saturated rings. The number of anilines is 1. The Labute approximate surface area is 182 Å². The smallest absolute Gasteiger partial charge is 0.308 e. The molecule has 8 heteroatoms. The third-order valence-electron chi connectivity index (χ3n) is 3.61. The molecule has 2 aromatic carbocycles. The lowest BCUT2D eigenvalue weighted by molar-refractivity contribution is -0.132. The van der Waals surface area contributed by atoms with Gasteiger partial charge in [0.05, 0.1) is 23.0 Å². The Morgan fingerprint density at radius 2 is 1.97 bits per heavy atom. The summed E-state index contributed by atoms with van der Waals surface area (Å²) in [4.78, 5) is 23.9. The van der Waals surface area contributed by atoms with Crippen molar-refractivity contribution < 1.29 is 23.8 Å². The zero-order chi connectivity index (χ0) is 21.4. The molecule has 1 amide bonds. The van der Waals surface area contributed by atoms with Gasteiger partial charge in [0.15, 0.2) is 11.5 Å². The monoisotopic (exact) mass is 506 g/mol. The third-order valence-corrected chi connectivity index (χ3v) is 4.41. The molecule has 2 rings (SSSR count). The van der Waals surface area contributed by atoms with E-state index in [4.69, 9.17) is 14.2 Å². The molecule has 0 saturated carbocycles. The molecule has 0 unspecified atom stereocenters. The number of carbonyl (C=O) groups is 2. The number of nitriles is 1. The molecule has 0 aliphatic rings. The first-order valence-corrected chi connectivity index (χ1v) is 9.68. The van der Waals surface area contributed by atoms with Crippen LogP contribution in [0.2, 0.25) is 0 Å². The molecule has 0 aromatic heterocycles. The summed E-state index contributed by atoms with van der Waals surface area (Å²) in [7, 11) is 1.49. The van der Waals surface area contributed by atoms with Gasteiger partial charge < -0.3 is 19.5 Å². The van der Waals surface area contributed by atoms with Crippen LogP contribution in [0.3, 0.4) is 0 Å². The SMILES string of the molecule is CCOc1cc(/C=C(\C#N)C(=O)Nc2ccccc2OC)cc(I)c1OC(C)=O. The summed E-state index contributed by atoms with van der Waals surface area (Å²) < 4.78 is 16.6. The van der Waals surface area contributed by atoms with Gasteiger partial charge in [-0.15, -0.1) is 0 Å². The number of halogens is 1. The van der Waals surface area contributed by atoms with E-state index < -0.39 is 11.9 Å². The number of nitrogens with one attached hydrogen (secondary N) is 1. The van der Waals surface area contributed by atoms with Crippen molar-refractivity contribution in [1.82, 2.24) is 0 Å². The van der Waals surface area contributed by atoms with Crippen LogP contribution in [0.1, 0.15) is 19.4 Å². The molecule has 0 aliphatic heterocycles. The molecule has 0 heterocycles. The Morgan fingerprint density at radius 3 is 2.59 bits per heavy atom. The van der Waals surface area contributed by atoms with Crippen molar-refractivity contribution in [2.45, 2.75) is 13.8 Å². The van der Waals surface area contributed by atoms with E-state index in [1.807, 2.05) is 28.7 Å². The minimum atomic E-state index is -0.575. The average molecular weight is 506 g/mol. The largest absolute Gasteiger partial charge is 0.495 e. The molecule has 0 aliphatic carbocycles. The standard InChI is InChI=1S/C21H19IN2O5/c1-4-28-19-11-14(10-16(22)20(19)29-13(2)25)9-15(12-23)21(26)24-17-7-5-6-8-18(17)27-3/h5-11H,4H2,1-3H3,(H,24,26)/b15-9+. The predicted octanol–water partition coefficient (Wildman–Crippen LogP) is 4.17. The number of rotatable bonds is 7. The van der Waals surface area contributed by atoms with E-state index in [1.54, 1.807) is 43.3 Å². The fraction of sp³-hybridized carbons (Fsp3) is 0.190. The van der Waals surface area contributed by atoms with Crippen LogP contribution >= 0.6 is 22.6 Å². The van der Waals surface area contributed by atoms with Gasteiger partial charge in [0, 0.05) is 6.92 Å². The van der Waals surface area contributed by atoms with E-state index in [2.05, 4.69) is 5.32 Å². The van der Waals surface area contributed by atoms with Crippen molar-refractivity contribution in [3.63, 3.8) is 0 Å². The van der Waals surface area contributed by atoms with Gasteiger partial charge in [-0.1, -0.05) is 12.1 Å². The Hall–Kier alpha value is -3.06. The summed E-state index contributed by atoms with van der Waals surface area (Å²) in [6.07, 6.45) is 1.44. The second kappa shape index (κ2) is 10.5. The quantitative estimate of drug-likeness (QED) is 0.199. The van der Waals surface area contributed by atoms with Gasteiger partial charge in [-0.25, -0.2) is 0 Å². The highest BCUT2D eigenvalue weighted by molar-refractivity contribution is 14.1. The number of esters is 1. The fourth-order valence-electron chi connectivity index (χ4n) is 2.43. The van der Waals surface area contributed by atoms with E-state index in [0.717, 1.165) is 0 Å². The summed E-state index contributed by atoms with van der Waals surface area (Å²) >= 11 is 2.00. The van der Waals surface area contributed by atoms with Crippen molar-refractivity contribution in [1.29, 1.82) is 5.26 Å². The second-order valence-electron chi connectivity index (χ2n) is 5.68. The third kappa shape index (κ3) is 5.96. The Morgan fingerprint density at radius 1 is 1.24 bits per heavy atom. The predicted molar refractivity (Wildman–Crippen MR) is 117 cm³/mol. The number of hydrogen-bond acceptors (Lipinski definition) is 6. The Kier molecular flexibility index (Phi) is 8.03. The van der Waals surface area contributed by atoms with Crippen molar-refractivity contribution in [3.05, 3.63) is 51.1 Å². The van der Waals surface area contributed by atoms with Crippen molar-refractivity contribution in [3.8, 4) is 23.3 Å². The van der Waals surface area contributed by atoms with Gasteiger partial charge in [0.25, 0.3) is 5.91 Å². The van der Waals surface area contributed by atoms with E-state index in [9.17, 15) is 14.9 Å². The molecular weight excluding hydrogens is 487 g/mol. The highest BCUT2D eigenvalue weighted by Gasteiger charge is 2.16. The van der Waals surface area contributed by atoms with Gasteiger partial charge >= 0.3 is 5.97 Å². The molecular formula is C21H19IN2O5. The van der Waals surface area contributed by atoms with Crippen LogP contribution in [0.15, 0.2) is 42.0 Å². The minimum absolute atomic E-state index is 0.102. The number of ether oxygens (including phenoxy) is 3. The lowest BCUT2D eigenvalue weighted by Crippen LogP contribution is -2.14. The molecule has 150 valence electrons. The zero-order valence-corrected chi connectivity index (χ0v) is 18.3. The summed E-state index contributed by atoms with van der Waals surface area (Å²) in [5.41, 5.74) is 0.908. The summed E-state index contributed by atoms with van der Waals surface area (Å²) in [5.74, 6) is 0.0875. The van der Waals surface area contributed by atoms with E-state index in [0.29, 0.717) is 38.7 Å². The zero-order valence-electron chi connectivity index (χ0n) is 16.1. The lowest BCUT2D eigenvalue weighted by atomic mass is 10.1. The van der Waals surface area contributed by atoms with E-state index in [1.165, 1.54) is 20.1 Å². The Bertz CT molecular complexity index is 995. The maximum atomic E-state index is 12.6. The van der Waals surface area contributed by atoms with Gasteiger partial charge in [-0.3, -0.25) is 9.59 Å². The molecule has 0 saturated heterocycles. The molecule has 29 heavy (non-hydrogen) atoms. The second-order valence-corrected chi connectivity index (χ2v) is 6.84. The van der Waals surface area contributed by atoms with Crippen LogP contribution in [0, 0.1) is 14.9 Å². The molecule has 1 N–H and O–H groups in total. The molecule has 0 atom stereocenters. The normalized spacial score (nSPS) is 10.7. The number of para-hydroxylation sites is 2. The van der Waals surface area contributed by atoms with Crippen LogP contribution in [0.5, 0.6) is 17.2 Å². The average Bonchev–Trinajstić information content (AvgIpc) is 2.69. The molecule has 2 aromatic rings. The van der Waals surface area contributed by atoms with Gasteiger partial charge in [0.2, 0.25) is 0 Å². The summed E-state index contributed by atoms with van der Waals surface area (Å²) in [5, 5.41) is 12.1. The minimum Gasteiger partial charge on any atom is -0.495 e. The molecule has 0 radical (unpaired) electrons. The maximum Gasteiger partial charge on any atom is 0.308 e. The number of hydrogen-bond donors (Lipinski definition) is 1. The fourth-order valence-corrected chi connectivity index (χ4v) is 3.17. The first kappa shape index (κ1) is 22.2. The molecule has 0 bridgehead atoms. The first-order valence-electron chi connectivity index (χ1n) is 8.60. The van der Waals surface area contributed by atoms with Crippen LogP contribution in [0.25, 0.3) is 6.08 Å². The van der Waals surface area contributed by atoms with Crippen molar-refractivity contribution in [2.24, 2.45) is 0 Å². The van der Waals surface area contributed by atoms with Gasteiger partial charge in [-0.2, -0.15) is 5.26 Å². The highest BCUT2D eigenvalue weighted by Crippen LogP contribution is 2.35. The van der Waals surface area contributed by atoms with Crippen LogP contribution in [0.4, 0.5) is 5.69 Å². The van der Waals surface area contributed by atoms with Gasteiger partial charge in [0.1, 0.15) is 17.4 Å². The van der Waals surface area contributed by atoms with Gasteiger partial charge in [-0.05, 0) is 65.4 Å². The number of amides is 1. The Balaban J connectivity index is 2.38. The van der Waals surface area contributed by atoms with Crippen LogP contribution in [-0.4, -0.2) is 25.6 Å².